The molecule has 0 saturated carbocycles. The largest absolute Gasteiger partial charge is 0.489 e. The van der Waals surface area contributed by atoms with Crippen molar-refractivity contribution in [3.05, 3.63) is 59.9 Å². The van der Waals surface area contributed by atoms with E-state index in [0.29, 0.717) is 23.8 Å². The topological polar surface area (TPSA) is 38.3 Å². The van der Waals surface area contributed by atoms with Gasteiger partial charge in [0, 0.05) is 18.2 Å². The Labute approximate surface area is 130 Å². The molecule has 2 aromatic carbocycles. The molecule has 0 aliphatic heterocycles. The van der Waals surface area contributed by atoms with E-state index in [0.717, 1.165) is 5.56 Å². The zero-order chi connectivity index (χ0) is 15.9. The van der Waals surface area contributed by atoms with Crippen LogP contribution in [-0.4, -0.2) is 5.91 Å². The van der Waals surface area contributed by atoms with Crippen LogP contribution >= 0.6 is 0 Å². The Balaban J connectivity index is 1.95. The van der Waals surface area contributed by atoms with Crippen molar-refractivity contribution in [2.24, 2.45) is 5.92 Å². The third-order valence-corrected chi connectivity index (χ3v) is 3.01. The minimum Gasteiger partial charge on any atom is -0.489 e. The van der Waals surface area contributed by atoms with Crippen molar-refractivity contribution in [3.8, 4) is 5.75 Å². The van der Waals surface area contributed by atoms with Crippen molar-refractivity contribution in [2.45, 2.75) is 26.9 Å². The molecule has 22 heavy (non-hydrogen) atoms. The van der Waals surface area contributed by atoms with Gasteiger partial charge in [-0.15, -0.1) is 0 Å². The maximum atomic E-state index is 13.1. The molecule has 0 atom stereocenters. The van der Waals surface area contributed by atoms with Gasteiger partial charge in [0.25, 0.3) is 0 Å². The quantitative estimate of drug-likeness (QED) is 0.859. The van der Waals surface area contributed by atoms with Gasteiger partial charge in [0.2, 0.25) is 5.91 Å². The van der Waals surface area contributed by atoms with Crippen LogP contribution in [0.3, 0.4) is 0 Å². The molecule has 1 N–H and O–H groups in total. The second kappa shape index (κ2) is 7.59. The maximum absolute atomic E-state index is 13.1. The Morgan fingerprint density at radius 1 is 1.18 bits per heavy atom. The fourth-order valence-electron chi connectivity index (χ4n) is 2.04. The molecular formula is C18H20FNO2. The first kappa shape index (κ1) is 16.0. The molecule has 0 heterocycles. The average molecular weight is 301 g/mol. The summed E-state index contributed by atoms with van der Waals surface area (Å²) in [5.74, 6) is 0.645. The summed E-state index contributed by atoms with van der Waals surface area (Å²) in [5.41, 5.74) is 1.46. The van der Waals surface area contributed by atoms with Crippen molar-refractivity contribution in [1.82, 2.24) is 0 Å². The van der Waals surface area contributed by atoms with Crippen LogP contribution in [-0.2, 0) is 11.4 Å². The summed E-state index contributed by atoms with van der Waals surface area (Å²) >= 11 is 0. The molecule has 0 saturated heterocycles. The van der Waals surface area contributed by atoms with E-state index in [-0.39, 0.29) is 18.3 Å². The zero-order valence-corrected chi connectivity index (χ0v) is 12.8. The smallest absolute Gasteiger partial charge is 0.224 e. The highest BCUT2D eigenvalue weighted by Crippen LogP contribution is 2.19. The summed E-state index contributed by atoms with van der Waals surface area (Å²) in [4.78, 5) is 11.8. The molecule has 4 heteroatoms. The number of rotatable bonds is 6. The van der Waals surface area contributed by atoms with Gasteiger partial charge in [-0.3, -0.25) is 4.79 Å². The van der Waals surface area contributed by atoms with E-state index in [1.165, 1.54) is 12.1 Å². The normalized spacial score (nSPS) is 10.5. The summed E-state index contributed by atoms with van der Waals surface area (Å²) in [6.45, 7) is 4.28. The molecule has 1 amide bonds. The van der Waals surface area contributed by atoms with Gasteiger partial charge in [0.05, 0.1) is 0 Å². The van der Waals surface area contributed by atoms with Crippen molar-refractivity contribution in [3.63, 3.8) is 0 Å². The van der Waals surface area contributed by atoms with Gasteiger partial charge in [-0.05, 0) is 35.7 Å². The summed E-state index contributed by atoms with van der Waals surface area (Å²) in [6.07, 6.45) is 0.481. The molecule has 116 valence electrons. The number of anilines is 1. The third kappa shape index (κ3) is 5.20. The van der Waals surface area contributed by atoms with E-state index >= 15 is 0 Å². The molecule has 3 nitrogen and oxygen atoms in total. The molecule has 0 aliphatic carbocycles. The lowest BCUT2D eigenvalue weighted by Gasteiger charge is -2.10. The Morgan fingerprint density at radius 2 is 1.95 bits per heavy atom. The van der Waals surface area contributed by atoms with E-state index < -0.39 is 0 Å². The van der Waals surface area contributed by atoms with Gasteiger partial charge >= 0.3 is 0 Å². The van der Waals surface area contributed by atoms with Crippen LogP contribution in [0.2, 0.25) is 0 Å². The average Bonchev–Trinajstić information content (AvgIpc) is 2.44. The van der Waals surface area contributed by atoms with Gasteiger partial charge < -0.3 is 10.1 Å². The predicted octanol–water partition coefficient (Wildman–Crippen LogP) is 4.39. The number of ether oxygens (including phenoxy) is 1. The van der Waals surface area contributed by atoms with E-state index in [1.54, 1.807) is 24.3 Å². The number of halogens is 1. The van der Waals surface area contributed by atoms with Crippen molar-refractivity contribution >= 4 is 11.6 Å². The third-order valence-electron chi connectivity index (χ3n) is 3.01. The number of benzene rings is 2. The number of hydrogen-bond donors (Lipinski definition) is 1. The summed E-state index contributed by atoms with van der Waals surface area (Å²) in [5, 5.41) is 2.84. The molecule has 0 radical (unpaired) electrons. The fraction of sp³-hybridized carbons (Fsp3) is 0.278. The Bertz CT molecular complexity index is 640. The van der Waals surface area contributed by atoms with Gasteiger partial charge in [-0.25, -0.2) is 4.39 Å². The predicted molar refractivity (Wildman–Crippen MR) is 85.3 cm³/mol. The van der Waals surface area contributed by atoms with E-state index in [9.17, 15) is 9.18 Å². The van der Waals surface area contributed by atoms with Crippen LogP contribution in [0.1, 0.15) is 25.8 Å². The van der Waals surface area contributed by atoms with Crippen molar-refractivity contribution < 1.29 is 13.9 Å². The second-order valence-electron chi connectivity index (χ2n) is 5.59. The monoisotopic (exact) mass is 301 g/mol. The zero-order valence-electron chi connectivity index (χ0n) is 12.8. The number of nitrogens with one attached hydrogen (secondary N) is 1. The van der Waals surface area contributed by atoms with Crippen molar-refractivity contribution in [1.29, 1.82) is 0 Å². The number of carbonyl (C=O) groups excluding carboxylic acids is 1. The first-order valence-corrected chi connectivity index (χ1v) is 7.30. The molecule has 2 aromatic rings. The standard InChI is InChI=1S/C18H20FNO2/c1-13(2)9-18(21)20-16-7-4-8-17(11-16)22-12-14-5-3-6-15(19)10-14/h3-8,10-11,13H,9,12H2,1-2H3,(H,20,21). The highest BCUT2D eigenvalue weighted by atomic mass is 19.1. The van der Waals surface area contributed by atoms with Gasteiger partial charge in [0.15, 0.2) is 0 Å². The van der Waals surface area contributed by atoms with E-state index in [4.69, 9.17) is 4.74 Å². The highest BCUT2D eigenvalue weighted by molar-refractivity contribution is 5.90. The number of hydrogen-bond acceptors (Lipinski definition) is 2. The first-order valence-electron chi connectivity index (χ1n) is 7.30. The Hall–Kier alpha value is -2.36. The van der Waals surface area contributed by atoms with Crippen molar-refractivity contribution in [2.75, 3.05) is 5.32 Å². The van der Waals surface area contributed by atoms with E-state index in [1.807, 2.05) is 26.0 Å². The summed E-state index contributed by atoms with van der Waals surface area (Å²) < 4.78 is 18.7. The van der Waals surface area contributed by atoms with Gasteiger partial charge in [-0.1, -0.05) is 32.0 Å². The summed E-state index contributed by atoms with van der Waals surface area (Å²) in [6, 6.07) is 13.5. The molecule has 0 fully saturated rings. The minimum atomic E-state index is -0.282. The lowest BCUT2D eigenvalue weighted by molar-refractivity contribution is -0.116. The van der Waals surface area contributed by atoms with Crippen LogP contribution in [0.5, 0.6) is 5.75 Å². The Morgan fingerprint density at radius 3 is 2.68 bits per heavy atom. The SMILES string of the molecule is CC(C)CC(=O)Nc1cccc(OCc2cccc(F)c2)c1. The molecule has 0 unspecified atom stereocenters. The number of carbonyl (C=O) groups is 1. The van der Waals surface area contributed by atoms with Crippen LogP contribution in [0, 0.1) is 11.7 Å². The first-order chi connectivity index (χ1) is 10.5. The molecule has 0 bridgehead atoms. The molecule has 2 rings (SSSR count). The maximum Gasteiger partial charge on any atom is 0.224 e. The molecule has 0 spiro atoms. The molecule has 0 aromatic heterocycles. The minimum absolute atomic E-state index is 0.0164. The summed E-state index contributed by atoms with van der Waals surface area (Å²) in [7, 11) is 0. The van der Waals surface area contributed by atoms with Crippen LogP contribution < -0.4 is 10.1 Å². The van der Waals surface area contributed by atoms with Crippen LogP contribution in [0.4, 0.5) is 10.1 Å². The lowest BCUT2D eigenvalue weighted by Crippen LogP contribution is -2.13. The van der Waals surface area contributed by atoms with Gasteiger partial charge in [-0.2, -0.15) is 0 Å². The Kier molecular flexibility index (Phi) is 5.53. The van der Waals surface area contributed by atoms with Gasteiger partial charge in [0.1, 0.15) is 18.2 Å². The number of amides is 1. The molecular weight excluding hydrogens is 281 g/mol. The lowest BCUT2D eigenvalue weighted by atomic mass is 10.1. The van der Waals surface area contributed by atoms with Crippen LogP contribution in [0.25, 0.3) is 0 Å². The van der Waals surface area contributed by atoms with E-state index in [2.05, 4.69) is 5.32 Å². The highest BCUT2D eigenvalue weighted by Gasteiger charge is 2.06. The van der Waals surface area contributed by atoms with Crippen LogP contribution in [0.15, 0.2) is 48.5 Å². The second-order valence-corrected chi connectivity index (χ2v) is 5.59. The fourth-order valence-corrected chi connectivity index (χ4v) is 2.04. The molecule has 0 aliphatic rings.